The average Bonchev–Trinajstić information content (AvgIpc) is 3.55. The number of alkyl halides is 3. The highest BCUT2D eigenvalue weighted by molar-refractivity contribution is 6.30. The van der Waals surface area contributed by atoms with Crippen LogP contribution in [0.2, 0.25) is 5.02 Å². The third-order valence-corrected chi connectivity index (χ3v) is 8.38. The van der Waals surface area contributed by atoms with Gasteiger partial charge in [0.15, 0.2) is 0 Å². The SMILES string of the molecule is O=C(c1cccc(-c2cnc3c(c2)N(Cc2cc(Cl)ccc2C(F)(F)F)CCN3)c1)N1CCN(C(=O)C2CCCO2)CC1. The van der Waals surface area contributed by atoms with Gasteiger partial charge < -0.3 is 24.8 Å². The lowest BCUT2D eigenvalue weighted by molar-refractivity contribution is -0.142. The summed E-state index contributed by atoms with van der Waals surface area (Å²) in [6, 6.07) is 12.7. The fraction of sp³-hybridized carbons (Fsp3) is 0.387. The predicted octanol–water partition coefficient (Wildman–Crippen LogP) is 5.32. The van der Waals surface area contributed by atoms with Gasteiger partial charge in [0.1, 0.15) is 11.9 Å². The van der Waals surface area contributed by atoms with Gasteiger partial charge in [-0.2, -0.15) is 13.2 Å². The summed E-state index contributed by atoms with van der Waals surface area (Å²) in [6.07, 6.45) is -1.55. The van der Waals surface area contributed by atoms with Crippen molar-refractivity contribution < 1.29 is 27.5 Å². The zero-order chi connectivity index (χ0) is 30.1. The normalized spacial score (nSPS) is 18.8. The molecule has 226 valence electrons. The molecule has 3 aliphatic heterocycles. The Morgan fingerprint density at radius 1 is 1.00 bits per heavy atom. The van der Waals surface area contributed by atoms with E-state index >= 15 is 0 Å². The Hall–Kier alpha value is -3.83. The molecule has 2 amide bonds. The van der Waals surface area contributed by atoms with Crippen LogP contribution in [0.5, 0.6) is 0 Å². The third-order valence-electron chi connectivity index (χ3n) is 8.14. The molecule has 43 heavy (non-hydrogen) atoms. The van der Waals surface area contributed by atoms with E-state index < -0.39 is 11.7 Å². The number of anilines is 2. The number of carbonyl (C=O) groups excluding carboxylic acids is 2. The number of amides is 2. The van der Waals surface area contributed by atoms with Gasteiger partial charge in [0, 0.05) is 74.8 Å². The molecule has 4 heterocycles. The number of nitrogens with zero attached hydrogens (tertiary/aromatic N) is 4. The largest absolute Gasteiger partial charge is 0.416 e. The Balaban J connectivity index is 1.19. The van der Waals surface area contributed by atoms with Gasteiger partial charge in [-0.15, -0.1) is 0 Å². The van der Waals surface area contributed by atoms with Crippen LogP contribution in [0.25, 0.3) is 11.1 Å². The van der Waals surface area contributed by atoms with Gasteiger partial charge in [0.2, 0.25) is 0 Å². The fourth-order valence-electron chi connectivity index (χ4n) is 5.88. The summed E-state index contributed by atoms with van der Waals surface area (Å²) in [5.41, 5.74) is 2.04. The van der Waals surface area contributed by atoms with E-state index in [1.807, 2.05) is 17.0 Å². The first-order chi connectivity index (χ1) is 20.7. The number of aromatic nitrogens is 1. The number of pyridine rings is 1. The van der Waals surface area contributed by atoms with Crippen LogP contribution < -0.4 is 10.2 Å². The Bertz CT molecular complexity index is 1520. The molecule has 0 aliphatic carbocycles. The Morgan fingerprint density at radius 2 is 1.79 bits per heavy atom. The number of hydrogen-bond acceptors (Lipinski definition) is 6. The molecular formula is C31H31ClF3N5O3. The van der Waals surface area contributed by atoms with E-state index in [0.29, 0.717) is 62.9 Å². The van der Waals surface area contributed by atoms with Gasteiger partial charge in [-0.3, -0.25) is 9.59 Å². The van der Waals surface area contributed by atoms with Crippen LogP contribution in [0, 0.1) is 0 Å². The van der Waals surface area contributed by atoms with Gasteiger partial charge in [0.25, 0.3) is 11.8 Å². The molecule has 0 bridgehead atoms. The summed E-state index contributed by atoms with van der Waals surface area (Å²) in [4.78, 5) is 36.0. The Morgan fingerprint density at radius 3 is 2.53 bits per heavy atom. The van der Waals surface area contributed by atoms with Crippen molar-refractivity contribution in [3.8, 4) is 11.1 Å². The molecule has 2 fully saturated rings. The Kier molecular flexibility index (Phi) is 8.19. The first-order valence-corrected chi connectivity index (χ1v) is 14.7. The van der Waals surface area contributed by atoms with Crippen LogP contribution >= 0.6 is 11.6 Å². The second kappa shape index (κ2) is 12.0. The second-order valence-corrected chi connectivity index (χ2v) is 11.4. The molecule has 2 aromatic carbocycles. The maximum atomic E-state index is 13.7. The first kappa shape index (κ1) is 29.3. The summed E-state index contributed by atoms with van der Waals surface area (Å²) < 4.78 is 46.7. The van der Waals surface area contributed by atoms with E-state index in [0.717, 1.165) is 30.0 Å². The van der Waals surface area contributed by atoms with Crippen molar-refractivity contribution in [3.05, 3.63) is 76.4 Å². The van der Waals surface area contributed by atoms with Gasteiger partial charge in [-0.25, -0.2) is 4.98 Å². The van der Waals surface area contributed by atoms with Gasteiger partial charge in [-0.05, 0) is 60.4 Å². The summed E-state index contributed by atoms with van der Waals surface area (Å²) in [6.45, 7) is 3.42. The van der Waals surface area contributed by atoms with Crippen molar-refractivity contribution in [3.63, 3.8) is 0 Å². The highest BCUT2D eigenvalue weighted by Crippen LogP contribution is 2.37. The number of halogens is 4. The number of fused-ring (bicyclic) bond motifs is 1. The highest BCUT2D eigenvalue weighted by atomic mass is 35.5. The van der Waals surface area contributed by atoms with Crippen LogP contribution in [0.1, 0.15) is 34.3 Å². The maximum absolute atomic E-state index is 13.7. The smallest absolute Gasteiger partial charge is 0.368 e. The van der Waals surface area contributed by atoms with Gasteiger partial charge >= 0.3 is 6.18 Å². The molecule has 3 aliphatic rings. The topological polar surface area (TPSA) is 78.0 Å². The lowest BCUT2D eigenvalue weighted by atomic mass is 10.0. The van der Waals surface area contributed by atoms with Crippen LogP contribution in [0.3, 0.4) is 0 Å². The van der Waals surface area contributed by atoms with Crippen LogP contribution in [0.4, 0.5) is 24.7 Å². The highest BCUT2D eigenvalue weighted by Gasteiger charge is 2.34. The minimum absolute atomic E-state index is 0.0000291. The molecule has 6 rings (SSSR count). The third kappa shape index (κ3) is 6.28. The molecule has 1 N–H and O–H groups in total. The minimum Gasteiger partial charge on any atom is -0.368 e. The summed E-state index contributed by atoms with van der Waals surface area (Å²) in [5, 5.41) is 3.46. The zero-order valence-electron chi connectivity index (χ0n) is 23.4. The number of ether oxygens (including phenoxy) is 1. The van der Waals surface area contributed by atoms with Crippen molar-refractivity contribution in [2.75, 3.05) is 56.1 Å². The molecule has 8 nitrogen and oxygen atoms in total. The van der Waals surface area contributed by atoms with Crippen molar-refractivity contribution in [1.29, 1.82) is 0 Å². The minimum atomic E-state index is -4.50. The van der Waals surface area contributed by atoms with E-state index in [4.69, 9.17) is 16.3 Å². The lowest BCUT2D eigenvalue weighted by Crippen LogP contribution is -2.52. The number of nitrogens with one attached hydrogen (secondary N) is 1. The van der Waals surface area contributed by atoms with Crippen molar-refractivity contribution in [1.82, 2.24) is 14.8 Å². The quantitative estimate of drug-likeness (QED) is 0.420. The van der Waals surface area contributed by atoms with Crippen LogP contribution in [-0.2, 0) is 22.3 Å². The number of carbonyl (C=O) groups is 2. The summed E-state index contributed by atoms with van der Waals surface area (Å²) in [7, 11) is 0. The fourth-order valence-corrected chi connectivity index (χ4v) is 6.07. The summed E-state index contributed by atoms with van der Waals surface area (Å²) in [5.74, 6) is 0.453. The molecule has 3 aromatic rings. The van der Waals surface area contributed by atoms with Gasteiger partial charge in [-0.1, -0.05) is 23.7 Å². The van der Waals surface area contributed by atoms with E-state index in [-0.39, 0.29) is 35.0 Å². The summed E-state index contributed by atoms with van der Waals surface area (Å²) >= 11 is 6.07. The number of hydrogen-bond donors (Lipinski definition) is 1. The molecule has 1 atom stereocenters. The molecule has 0 saturated carbocycles. The number of rotatable bonds is 5. The molecule has 0 spiro atoms. The van der Waals surface area contributed by atoms with E-state index in [1.54, 1.807) is 34.2 Å². The van der Waals surface area contributed by atoms with Crippen molar-refractivity contribution in [2.45, 2.75) is 31.7 Å². The molecular weight excluding hydrogens is 583 g/mol. The van der Waals surface area contributed by atoms with Crippen LogP contribution in [0.15, 0.2) is 54.7 Å². The van der Waals surface area contributed by atoms with E-state index in [1.165, 1.54) is 12.1 Å². The standard InChI is InChI=1S/C31H31ClF3N5O3/c32-24-6-7-25(31(33,34)35)23(16-24)19-40-9-8-36-28-26(40)17-22(18-37-28)20-3-1-4-21(15-20)29(41)38-10-12-39(13-11-38)30(42)27-5-2-14-43-27/h1,3-4,6-7,15-18,27H,2,5,8-14,19H2,(H,36,37). The molecule has 0 radical (unpaired) electrons. The zero-order valence-corrected chi connectivity index (χ0v) is 24.1. The lowest BCUT2D eigenvalue weighted by Gasteiger charge is -2.35. The second-order valence-electron chi connectivity index (χ2n) is 10.9. The molecule has 2 saturated heterocycles. The van der Waals surface area contributed by atoms with Crippen molar-refractivity contribution >= 4 is 34.9 Å². The van der Waals surface area contributed by atoms with E-state index in [9.17, 15) is 22.8 Å². The monoisotopic (exact) mass is 613 g/mol. The van der Waals surface area contributed by atoms with Crippen molar-refractivity contribution in [2.24, 2.45) is 0 Å². The molecule has 1 unspecified atom stereocenters. The van der Waals surface area contributed by atoms with Gasteiger partial charge in [0.05, 0.1) is 11.3 Å². The molecule has 12 heteroatoms. The first-order valence-electron chi connectivity index (χ1n) is 14.3. The Labute approximate surface area is 252 Å². The van der Waals surface area contributed by atoms with E-state index in [2.05, 4.69) is 10.3 Å². The number of benzene rings is 2. The average molecular weight is 614 g/mol. The maximum Gasteiger partial charge on any atom is 0.416 e. The predicted molar refractivity (Wildman–Crippen MR) is 157 cm³/mol. The van der Waals surface area contributed by atoms with Crippen LogP contribution in [-0.4, -0.2) is 78.6 Å². The molecule has 1 aromatic heterocycles. The number of piperazine rings is 1.